The van der Waals surface area contributed by atoms with Gasteiger partial charge in [-0.05, 0) is 36.6 Å². The third-order valence-corrected chi connectivity index (χ3v) is 6.16. The maximum atomic E-state index is 14.1. The third-order valence-electron chi connectivity index (χ3n) is 4.70. The van der Waals surface area contributed by atoms with Gasteiger partial charge in [-0.1, -0.05) is 12.1 Å². The molecule has 1 N–H and O–H groups in total. The molecule has 146 valence electrons. The van der Waals surface area contributed by atoms with Crippen molar-refractivity contribution in [1.29, 1.82) is 0 Å². The number of anilines is 1. The summed E-state index contributed by atoms with van der Waals surface area (Å²) >= 11 is 0. The van der Waals surface area contributed by atoms with E-state index in [1.165, 1.54) is 19.2 Å². The first-order chi connectivity index (χ1) is 12.9. The maximum Gasteiger partial charge on any atom is 0.243 e. The Labute approximate surface area is 159 Å². The molecule has 1 saturated heterocycles. The molecule has 2 aromatic rings. The average Bonchev–Trinajstić information content (AvgIpc) is 3.15. The molecule has 0 bridgehead atoms. The minimum Gasteiger partial charge on any atom is -0.497 e. The van der Waals surface area contributed by atoms with Crippen LogP contribution in [0.2, 0.25) is 0 Å². The molecule has 1 heterocycles. The number of hydrogen-bond acceptors (Lipinski definition) is 5. The number of methoxy groups -OCH3 is 2. The van der Waals surface area contributed by atoms with Crippen molar-refractivity contribution in [3.8, 4) is 11.5 Å². The summed E-state index contributed by atoms with van der Waals surface area (Å²) in [6.07, 6.45) is 0.839. The maximum absolute atomic E-state index is 14.1. The van der Waals surface area contributed by atoms with Crippen LogP contribution in [-0.4, -0.2) is 42.3 Å². The smallest absolute Gasteiger partial charge is 0.243 e. The van der Waals surface area contributed by atoms with Gasteiger partial charge >= 0.3 is 0 Å². The van der Waals surface area contributed by atoms with E-state index in [1.54, 1.807) is 7.11 Å². The van der Waals surface area contributed by atoms with Crippen LogP contribution < -0.4 is 19.1 Å². The second-order valence-corrected chi connectivity index (χ2v) is 8.16. The van der Waals surface area contributed by atoms with E-state index < -0.39 is 15.8 Å². The molecule has 3 rings (SSSR count). The van der Waals surface area contributed by atoms with Gasteiger partial charge in [0, 0.05) is 25.7 Å². The van der Waals surface area contributed by atoms with Crippen LogP contribution in [0.4, 0.5) is 10.1 Å². The van der Waals surface area contributed by atoms with E-state index in [-0.39, 0.29) is 23.1 Å². The summed E-state index contributed by atoms with van der Waals surface area (Å²) in [6, 6.07) is 11.4. The average molecular weight is 394 g/mol. The van der Waals surface area contributed by atoms with Gasteiger partial charge in [-0.15, -0.1) is 0 Å². The molecule has 1 aliphatic heterocycles. The van der Waals surface area contributed by atoms with Gasteiger partial charge in [0.15, 0.2) is 0 Å². The van der Waals surface area contributed by atoms with Crippen LogP contribution in [0, 0.1) is 11.7 Å². The number of benzene rings is 2. The first kappa shape index (κ1) is 19.4. The number of para-hydroxylation sites is 2. The Morgan fingerprint density at radius 1 is 1.19 bits per heavy atom. The summed E-state index contributed by atoms with van der Waals surface area (Å²) in [5, 5.41) is 0. The largest absolute Gasteiger partial charge is 0.497 e. The summed E-state index contributed by atoms with van der Waals surface area (Å²) in [6.45, 7) is 1.76. The van der Waals surface area contributed by atoms with Gasteiger partial charge in [0.2, 0.25) is 10.0 Å². The summed E-state index contributed by atoms with van der Waals surface area (Å²) in [4.78, 5) is 1.80. The van der Waals surface area contributed by atoms with Crippen molar-refractivity contribution in [2.24, 2.45) is 5.92 Å². The van der Waals surface area contributed by atoms with Gasteiger partial charge in [0.1, 0.15) is 22.2 Å². The molecule has 1 aliphatic rings. The van der Waals surface area contributed by atoms with E-state index in [0.29, 0.717) is 6.54 Å². The second-order valence-electron chi connectivity index (χ2n) is 6.42. The normalized spacial score (nSPS) is 17.1. The van der Waals surface area contributed by atoms with Crippen molar-refractivity contribution in [3.05, 3.63) is 48.3 Å². The van der Waals surface area contributed by atoms with Crippen molar-refractivity contribution in [1.82, 2.24) is 4.72 Å². The Morgan fingerprint density at radius 3 is 2.67 bits per heavy atom. The molecular formula is C19H23FN2O4S. The number of sulfonamides is 1. The zero-order valence-corrected chi connectivity index (χ0v) is 16.1. The molecule has 0 spiro atoms. The Kier molecular flexibility index (Phi) is 5.86. The van der Waals surface area contributed by atoms with Crippen LogP contribution in [0.5, 0.6) is 11.5 Å². The lowest BCUT2D eigenvalue weighted by atomic mass is 10.1. The van der Waals surface area contributed by atoms with Gasteiger partial charge in [-0.2, -0.15) is 0 Å². The van der Waals surface area contributed by atoms with Gasteiger partial charge < -0.3 is 14.4 Å². The van der Waals surface area contributed by atoms with Crippen molar-refractivity contribution in [3.63, 3.8) is 0 Å². The molecule has 1 fully saturated rings. The lowest BCUT2D eigenvalue weighted by Gasteiger charge is -2.21. The highest BCUT2D eigenvalue weighted by Gasteiger charge is 2.27. The summed E-state index contributed by atoms with van der Waals surface area (Å²) in [5.41, 5.74) is 0.992. The molecule has 8 heteroatoms. The second kappa shape index (κ2) is 8.14. The molecule has 0 saturated carbocycles. The van der Waals surface area contributed by atoms with Crippen molar-refractivity contribution in [2.75, 3.05) is 38.8 Å². The molecule has 0 aromatic heterocycles. The number of hydrogen-bond donors (Lipinski definition) is 1. The van der Waals surface area contributed by atoms with E-state index >= 15 is 0 Å². The molecule has 0 amide bonds. The lowest BCUT2D eigenvalue weighted by molar-refractivity contribution is 0.409. The highest BCUT2D eigenvalue weighted by atomic mass is 32.2. The first-order valence-electron chi connectivity index (χ1n) is 8.66. The van der Waals surface area contributed by atoms with E-state index in [1.807, 2.05) is 24.3 Å². The number of nitrogens with zero attached hydrogens (tertiary/aromatic N) is 1. The quantitative estimate of drug-likeness (QED) is 0.782. The zero-order valence-electron chi connectivity index (χ0n) is 15.3. The van der Waals surface area contributed by atoms with Gasteiger partial charge in [0.05, 0.1) is 19.9 Å². The molecule has 6 nitrogen and oxygen atoms in total. The number of halogens is 1. The van der Waals surface area contributed by atoms with Crippen LogP contribution in [0.1, 0.15) is 6.42 Å². The van der Waals surface area contributed by atoms with E-state index in [2.05, 4.69) is 9.62 Å². The molecule has 1 unspecified atom stereocenters. The topological polar surface area (TPSA) is 67.9 Å². The molecule has 1 atom stereocenters. The third kappa shape index (κ3) is 4.33. The van der Waals surface area contributed by atoms with Crippen molar-refractivity contribution >= 4 is 15.7 Å². The highest BCUT2D eigenvalue weighted by molar-refractivity contribution is 7.89. The zero-order chi connectivity index (χ0) is 19.4. The Balaban J connectivity index is 1.64. The van der Waals surface area contributed by atoms with Gasteiger partial charge in [-0.25, -0.2) is 17.5 Å². The predicted octanol–water partition coefficient (Wildman–Crippen LogP) is 2.65. The molecule has 0 aliphatic carbocycles. The lowest BCUT2D eigenvalue weighted by Crippen LogP contribution is -2.31. The number of ether oxygens (including phenoxy) is 2. The van der Waals surface area contributed by atoms with Crippen LogP contribution in [0.15, 0.2) is 47.4 Å². The van der Waals surface area contributed by atoms with Gasteiger partial charge in [0.25, 0.3) is 0 Å². The number of nitrogens with one attached hydrogen (secondary N) is 1. The van der Waals surface area contributed by atoms with Crippen molar-refractivity contribution in [2.45, 2.75) is 11.3 Å². The summed E-state index contributed by atoms with van der Waals surface area (Å²) in [5.74, 6) is 0.364. The Hall–Kier alpha value is -2.32. The standard InChI is InChI=1S/C19H23FN2O4S/c1-25-15-7-8-19(16(20)11-15)27(23,24)21-12-14-9-10-22(13-14)17-5-3-4-6-18(17)26-2/h3-8,11,14,21H,9-10,12-13H2,1-2H3. The predicted molar refractivity (Wildman–Crippen MR) is 101 cm³/mol. The van der Waals surface area contributed by atoms with Crippen molar-refractivity contribution < 1.29 is 22.3 Å². The molecular weight excluding hydrogens is 371 g/mol. The molecule has 0 radical (unpaired) electrons. The van der Waals surface area contributed by atoms with Crippen LogP contribution in [0.3, 0.4) is 0 Å². The monoisotopic (exact) mass is 394 g/mol. The van der Waals surface area contributed by atoms with Crippen LogP contribution in [-0.2, 0) is 10.0 Å². The summed E-state index contributed by atoms with van der Waals surface area (Å²) < 4.78 is 51.8. The number of rotatable bonds is 7. The SMILES string of the molecule is COc1ccc(S(=O)(=O)NCC2CCN(c3ccccc3OC)C2)c(F)c1. The Bertz CT molecular complexity index is 904. The van der Waals surface area contributed by atoms with E-state index in [4.69, 9.17) is 9.47 Å². The minimum atomic E-state index is -3.92. The minimum absolute atomic E-state index is 0.131. The van der Waals surface area contributed by atoms with E-state index in [0.717, 1.165) is 30.5 Å². The molecule has 27 heavy (non-hydrogen) atoms. The van der Waals surface area contributed by atoms with Crippen LogP contribution >= 0.6 is 0 Å². The summed E-state index contributed by atoms with van der Waals surface area (Å²) in [7, 11) is -0.896. The fourth-order valence-electron chi connectivity index (χ4n) is 3.24. The van der Waals surface area contributed by atoms with Gasteiger partial charge in [-0.3, -0.25) is 0 Å². The Morgan fingerprint density at radius 2 is 1.96 bits per heavy atom. The fourth-order valence-corrected chi connectivity index (χ4v) is 4.41. The first-order valence-corrected chi connectivity index (χ1v) is 10.1. The fraction of sp³-hybridized carbons (Fsp3) is 0.368. The van der Waals surface area contributed by atoms with Crippen LogP contribution in [0.25, 0.3) is 0 Å². The highest BCUT2D eigenvalue weighted by Crippen LogP contribution is 2.32. The molecule has 2 aromatic carbocycles. The van der Waals surface area contributed by atoms with E-state index in [9.17, 15) is 12.8 Å².